The van der Waals surface area contributed by atoms with Gasteiger partial charge in [-0.2, -0.15) is 0 Å². The van der Waals surface area contributed by atoms with E-state index >= 15 is 0 Å². The number of anilines is 1. The first-order valence-corrected chi connectivity index (χ1v) is 8.37. The summed E-state index contributed by atoms with van der Waals surface area (Å²) in [5.74, 6) is 0.463. The van der Waals surface area contributed by atoms with Gasteiger partial charge in [-0.3, -0.25) is 4.90 Å². The van der Waals surface area contributed by atoms with E-state index in [1.807, 2.05) is 54.5 Å². The monoisotopic (exact) mass is 349 g/mol. The highest BCUT2D eigenvalue weighted by Gasteiger charge is 2.51. The Labute approximate surface area is 150 Å². The fraction of sp³-hybridized carbons (Fsp3) is 0.611. The molecule has 0 aromatic heterocycles. The van der Waals surface area contributed by atoms with Crippen LogP contribution in [-0.2, 0) is 9.31 Å². The molecule has 0 unspecified atom stereocenters. The Morgan fingerprint density at radius 1 is 1.16 bits per heavy atom. The van der Waals surface area contributed by atoms with E-state index in [9.17, 15) is 9.90 Å². The van der Waals surface area contributed by atoms with Gasteiger partial charge in [-0.15, -0.1) is 0 Å². The fourth-order valence-electron chi connectivity index (χ4n) is 2.76. The molecule has 1 aromatic rings. The minimum Gasteiger partial charge on any atom is -0.495 e. The van der Waals surface area contributed by atoms with Crippen LogP contribution in [0, 0.1) is 0 Å². The van der Waals surface area contributed by atoms with Crippen LogP contribution in [0.4, 0.5) is 10.5 Å². The van der Waals surface area contributed by atoms with Crippen LogP contribution >= 0.6 is 0 Å². The summed E-state index contributed by atoms with van der Waals surface area (Å²) in [5.41, 5.74) is -0.212. The molecule has 1 aromatic carbocycles. The Balaban J connectivity index is 2.43. The van der Waals surface area contributed by atoms with Gasteiger partial charge in [-0.25, -0.2) is 4.79 Å². The number of amides is 1. The quantitative estimate of drug-likeness (QED) is 0.849. The highest BCUT2D eigenvalue weighted by Crippen LogP contribution is 2.38. The number of hydrogen-bond acceptors (Lipinski definition) is 4. The number of benzene rings is 1. The number of methoxy groups -OCH3 is 1. The van der Waals surface area contributed by atoms with Crippen LogP contribution in [0.1, 0.15) is 48.5 Å². The van der Waals surface area contributed by atoms with Crippen molar-refractivity contribution in [1.29, 1.82) is 0 Å². The zero-order valence-corrected chi connectivity index (χ0v) is 16.3. The first-order chi connectivity index (χ1) is 11.3. The molecule has 0 atom stereocenters. The lowest BCUT2D eigenvalue weighted by atomic mass is 9.79. The van der Waals surface area contributed by atoms with Crippen molar-refractivity contribution in [3.63, 3.8) is 0 Å². The number of carboxylic acid groups (broad SMARTS) is 1. The maximum Gasteiger partial charge on any atom is 0.494 e. The molecule has 0 aliphatic carbocycles. The minimum atomic E-state index is -1.03. The van der Waals surface area contributed by atoms with E-state index in [1.165, 1.54) is 12.0 Å². The van der Waals surface area contributed by atoms with E-state index in [4.69, 9.17) is 14.0 Å². The predicted molar refractivity (Wildman–Crippen MR) is 99.0 cm³/mol. The minimum absolute atomic E-state index is 0.442. The van der Waals surface area contributed by atoms with Gasteiger partial charge in [0.25, 0.3) is 0 Å². The van der Waals surface area contributed by atoms with E-state index < -0.39 is 30.0 Å². The van der Waals surface area contributed by atoms with E-state index in [-0.39, 0.29) is 0 Å². The summed E-state index contributed by atoms with van der Waals surface area (Å²) < 4.78 is 17.6. The van der Waals surface area contributed by atoms with Gasteiger partial charge in [0.1, 0.15) is 5.75 Å². The summed E-state index contributed by atoms with van der Waals surface area (Å²) in [6.07, 6.45) is -1.03. The van der Waals surface area contributed by atoms with Gasteiger partial charge in [-0.1, -0.05) is 6.07 Å². The summed E-state index contributed by atoms with van der Waals surface area (Å²) >= 11 is 0. The maximum absolute atomic E-state index is 11.7. The van der Waals surface area contributed by atoms with Crippen LogP contribution in [0.25, 0.3) is 0 Å². The van der Waals surface area contributed by atoms with Gasteiger partial charge >= 0.3 is 13.2 Å². The molecule has 1 amide bonds. The largest absolute Gasteiger partial charge is 0.495 e. The molecular formula is C18H28BNO5. The van der Waals surface area contributed by atoms with Crippen LogP contribution in [0.3, 0.4) is 0 Å². The zero-order chi connectivity index (χ0) is 19.2. The van der Waals surface area contributed by atoms with Crippen LogP contribution < -0.4 is 15.1 Å². The topological polar surface area (TPSA) is 68.2 Å². The van der Waals surface area contributed by atoms with Gasteiger partial charge < -0.3 is 19.2 Å². The molecule has 138 valence electrons. The normalized spacial score (nSPS) is 19.0. The first-order valence-electron chi connectivity index (χ1n) is 8.37. The Bertz CT molecular complexity index is 650. The van der Waals surface area contributed by atoms with Crippen LogP contribution in [-0.4, -0.2) is 42.2 Å². The smallest absolute Gasteiger partial charge is 0.494 e. The summed E-state index contributed by atoms with van der Waals surface area (Å²) in [4.78, 5) is 13.0. The Morgan fingerprint density at radius 2 is 1.68 bits per heavy atom. The molecule has 6 nitrogen and oxygen atoms in total. The standard InChI is InChI=1S/C18H28BNO5/c1-16(2,3)20(15(21)22)13-10-9-12(11-14(13)23-8)19-24-17(4,5)18(6,7)25-19/h9-11H,1-8H3,(H,21,22). The van der Waals surface area contributed by atoms with Crippen molar-refractivity contribution in [2.24, 2.45) is 0 Å². The third kappa shape index (κ3) is 3.62. The number of ether oxygens (including phenoxy) is 1. The van der Waals surface area contributed by atoms with Crippen molar-refractivity contribution in [2.75, 3.05) is 12.0 Å². The van der Waals surface area contributed by atoms with Gasteiger partial charge in [0, 0.05) is 5.54 Å². The van der Waals surface area contributed by atoms with Crippen molar-refractivity contribution in [2.45, 2.75) is 65.2 Å². The van der Waals surface area contributed by atoms with E-state index in [0.717, 1.165) is 5.46 Å². The van der Waals surface area contributed by atoms with Crippen molar-refractivity contribution >= 4 is 24.4 Å². The molecule has 1 aliphatic heterocycles. The molecule has 1 heterocycles. The van der Waals surface area contributed by atoms with Crippen molar-refractivity contribution in [3.8, 4) is 5.75 Å². The summed E-state index contributed by atoms with van der Waals surface area (Å²) in [6.45, 7) is 13.5. The van der Waals surface area contributed by atoms with E-state index in [2.05, 4.69) is 0 Å². The first kappa shape index (κ1) is 19.6. The lowest BCUT2D eigenvalue weighted by molar-refractivity contribution is 0.00578. The van der Waals surface area contributed by atoms with Crippen LogP contribution in [0.5, 0.6) is 5.75 Å². The summed E-state index contributed by atoms with van der Waals surface area (Å²) in [7, 11) is 0.996. The second-order valence-electron chi connectivity index (χ2n) is 8.31. The molecule has 1 aliphatic rings. The molecule has 7 heteroatoms. The molecule has 0 spiro atoms. The second kappa shape index (κ2) is 6.22. The lowest BCUT2D eigenvalue weighted by Crippen LogP contribution is -2.45. The Hall–Kier alpha value is -1.73. The summed E-state index contributed by atoms with van der Waals surface area (Å²) in [6, 6.07) is 5.33. The predicted octanol–water partition coefficient (Wildman–Crippen LogP) is 3.28. The van der Waals surface area contributed by atoms with E-state index in [1.54, 1.807) is 12.1 Å². The summed E-state index contributed by atoms with van der Waals surface area (Å²) in [5, 5.41) is 9.62. The number of nitrogens with zero attached hydrogens (tertiary/aromatic N) is 1. The number of hydrogen-bond donors (Lipinski definition) is 1. The molecular weight excluding hydrogens is 321 g/mol. The fourth-order valence-corrected chi connectivity index (χ4v) is 2.76. The molecule has 25 heavy (non-hydrogen) atoms. The van der Waals surface area contributed by atoms with Gasteiger partial charge in [-0.05, 0) is 66.1 Å². The Morgan fingerprint density at radius 3 is 2.08 bits per heavy atom. The molecule has 1 N–H and O–H groups in total. The molecule has 0 radical (unpaired) electrons. The van der Waals surface area contributed by atoms with Gasteiger partial charge in [0.2, 0.25) is 0 Å². The zero-order valence-electron chi connectivity index (χ0n) is 16.3. The Kier molecular flexibility index (Phi) is 4.87. The molecule has 2 rings (SSSR count). The van der Waals surface area contributed by atoms with Gasteiger partial charge in [0.15, 0.2) is 0 Å². The number of carbonyl (C=O) groups is 1. The van der Waals surface area contributed by atoms with Crippen molar-refractivity contribution in [3.05, 3.63) is 18.2 Å². The average molecular weight is 349 g/mol. The van der Waals surface area contributed by atoms with Crippen LogP contribution in [0.15, 0.2) is 18.2 Å². The molecule has 0 bridgehead atoms. The highest BCUT2D eigenvalue weighted by molar-refractivity contribution is 6.62. The second-order valence-corrected chi connectivity index (χ2v) is 8.31. The van der Waals surface area contributed by atoms with E-state index in [0.29, 0.717) is 11.4 Å². The van der Waals surface area contributed by atoms with Crippen LogP contribution in [0.2, 0.25) is 0 Å². The maximum atomic E-state index is 11.7. The van der Waals surface area contributed by atoms with Crippen molar-refractivity contribution < 1.29 is 23.9 Å². The lowest BCUT2D eigenvalue weighted by Gasteiger charge is -2.34. The third-order valence-electron chi connectivity index (χ3n) is 4.83. The molecule has 0 saturated carbocycles. The van der Waals surface area contributed by atoms with Crippen molar-refractivity contribution in [1.82, 2.24) is 0 Å². The SMILES string of the molecule is COc1cc(B2OC(C)(C)C(C)(C)O2)ccc1N(C(=O)O)C(C)(C)C. The molecule has 1 fully saturated rings. The average Bonchev–Trinajstić information content (AvgIpc) is 2.66. The highest BCUT2D eigenvalue weighted by atomic mass is 16.7. The molecule has 1 saturated heterocycles. The van der Waals surface area contributed by atoms with Gasteiger partial charge in [0.05, 0.1) is 24.0 Å². The number of rotatable bonds is 3. The third-order valence-corrected chi connectivity index (χ3v) is 4.83.